The van der Waals surface area contributed by atoms with Gasteiger partial charge in [0.05, 0.1) is 98.8 Å². The second-order valence-electron chi connectivity index (χ2n) is 14.3. The molecule has 2 rings (SSSR count). The van der Waals surface area contributed by atoms with Crippen LogP contribution in [0.3, 0.4) is 0 Å². The quantitative estimate of drug-likeness (QED) is 0.0331. The number of ether oxygens (including phenoxy) is 6. The lowest BCUT2D eigenvalue weighted by atomic mass is 10.0. The summed E-state index contributed by atoms with van der Waals surface area (Å²) in [5.74, 6) is -3.03. The number of carboxylic acid groups (broad SMARTS) is 1. The molecule has 77 heavy (non-hydrogen) atoms. The number of fused-ring (bicyclic) bond motifs is 1. The summed E-state index contributed by atoms with van der Waals surface area (Å²) >= 11 is 0. The fourth-order valence-corrected chi connectivity index (χ4v) is 5.12. The summed E-state index contributed by atoms with van der Waals surface area (Å²) in [6.07, 6.45) is 6.57. The molecule has 2 atom stereocenters. The normalized spacial score (nSPS) is 10.1. The van der Waals surface area contributed by atoms with Crippen molar-refractivity contribution in [3.05, 3.63) is 36.0 Å². The van der Waals surface area contributed by atoms with E-state index in [0.717, 1.165) is 42.7 Å². The molecule has 0 saturated carbocycles. The van der Waals surface area contributed by atoms with Gasteiger partial charge in [-0.3, -0.25) is 33.6 Å². The molecule has 10 N–H and O–H groups in total. The van der Waals surface area contributed by atoms with E-state index in [2.05, 4.69) is 51.1 Å². The summed E-state index contributed by atoms with van der Waals surface area (Å²) in [6.45, 7) is 29.9. The molecule has 0 saturated heterocycles. The number of para-hydroxylation sites is 1. The Bertz CT molecular complexity index is 1640. The molecule has 0 bridgehead atoms. The van der Waals surface area contributed by atoms with E-state index >= 15 is 0 Å². The first-order chi connectivity index (χ1) is 37.3. The minimum absolute atomic E-state index is 0.00687. The first-order valence-corrected chi connectivity index (χ1v) is 27.0. The molecule has 1 aromatic heterocycles. The fraction of sp³-hybridized carbons (Fsp3) is 0.704. The SMILES string of the molecule is CC.CC.CC.CC.CC=O.CCC.CCCCC(=O)NCCOCCOCCOCCOCCOCCOCCC(=O)N[C@@H](Cc1c[nH]c2ccccc12)C(=O)NCC(=O)N[C@H](C)CC(=O)O.CO.NC(=O)CNC=O. The van der Waals surface area contributed by atoms with E-state index in [-0.39, 0.29) is 51.5 Å². The number of aromatic nitrogens is 1. The zero-order chi connectivity index (χ0) is 60.3. The number of primary amides is 1. The van der Waals surface area contributed by atoms with Crippen LogP contribution in [0.2, 0.25) is 0 Å². The molecule has 6 amide bonds. The second kappa shape index (κ2) is 72.5. The van der Waals surface area contributed by atoms with Gasteiger partial charge in [0.2, 0.25) is 35.9 Å². The predicted octanol–water partition coefficient (Wildman–Crippen LogP) is 4.64. The van der Waals surface area contributed by atoms with Crippen LogP contribution in [0, 0.1) is 0 Å². The van der Waals surface area contributed by atoms with E-state index in [1.54, 1.807) is 13.1 Å². The number of hydrogen-bond donors (Lipinski definition) is 9. The van der Waals surface area contributed by atoms with Crippen molar-refractivity contribution in [1.29, 1.82) is 0 Å². The molecule has 452 valence electrons. The van der Waals surface area contributed by atoms with Crippen molar-refractivity contribution in [2.24, 2.45) is 5.73 Å². The number of H-pyrrole nitrogens is 1. The molecule has 23 heteroatoms. The third-order valence-electron chi connectivity index (χ3n) is 8.08. The number of aldehydes is 1. The Morgan fingerprint density at radius 3 is 1.53 bits per heavy atom. The van der Waals surface area contributed by atoms with E-state index in [1.165, 1.54) is 13.3 Å². The van der Waals surface area contributed by atoms with Crippen molar-refractivity contribution in [3.63, 3.8) is 0 Å². The van der Waals surface area contributed by atoms with Crippen LogP contribution >= 0.6 is 0 Å². The second-order valence-corrected chi connectivity index (χ2v) is 14.3. The van der Waals surface area contributed by atoms with Crippen molar-refractivity contribution < 1.29 is 77.0 Å². The molecule has 0 unspecified atom stereocenters. The Balaban J connectivity index is -0.000000364. The van der Waals surface area contributed by atoms with Gasteiger partial charge in [0.25, 0.3) is 0 Å². The molecule has 0 spiro atoms. The number of unbranched alkanes of at least 4 members (excludes halogenated alkanes) is 1. The first kappa shape index (κ1) is 85.4. The summed E-state index contributed by atoms with van der Waals surface area (Å²) in [5, 5.41) is 29.5. The Labute approximate surface area is 461 Å². The van der Waals surface area contributed by atoms with Crippen molar-refractivity contribution in [2.45, 2.75) is 147 Å². The maximum absolute atomic E-state index is 13.1. The lowest BCUT2D eigenvalue weighted by Gasteiger charge is -2.19. The molecule has 0 radical (unpaired) electrons. The zero-order valence-electron chi connectivity index (χ0n) is 49.4. The van der Waals surface area contributed by atoms with Crippen molar-refractivity contribution in [1.82, 2.24) is 31.6 Å². The Hall–Kier alpha value is -5.56. The standard InChI is InChI=1S/C37H59N5O12.C3H6N2O2.C3H8.C2H4O.4C2H6.CH4O/c1-3-4-9-33(43)38-11-13-50-15-17-52-19-21-54-23-22-53-20-18-51-16-14-49-12-10-34(44)42-32(25-29-26-39-31-8-6-5-7-30(29)31)37(48)40-27-35(45)41-28(2)24-36(46)47;4-3(7)1-5-2-6;1-3-2;1-2-3;5*1-2/h5-8,26,28,32,39H,3-4,9-25,27H2,1-2H3,(H,38,43)(H,40,48)(H,41,45)(H,42,44)(H,46,47);2H,1H2,(H2,4,7)(H,5,6);3H2,1-2H3;2H,1H3;4*1-2H3;2H,1H3/t28-,32+;;;;;;;;/m1......../s1. The van der Waals surface area contributed by atoms with Crippen LogP contribution < -0.4 is 32.3 Å². The van der Waals surface area contributed by atoms with Crippen LogP contribution in [-0.4, -0.2) is 182 Å². The van der Waals surface area contributed by atoms with E-state index in [9.17, 15) is 33.6 Å². The highest BCUT2D eigenvalue weighted by atomic mass is 16.6. The lowest BCUT2D eigenvalue weighted by Crippen LogP contribution is -2.50. The van der Waals surface area contributed by atoms with Crippen LogP contribution in [0.15, 0.2) is 30.5 Å². The molecule has 2 aromatic rings. The highest BCUT2D eigenvalue weighted by molar-refractivity contribution is 5.92. The van der Waals surface area contributed by atoms with Crippen molar-refractivity contribution >= 4 is 59.1 Å². The number of aliphatic hydroxyl groups is 1. The predicted molar refractivity (Wildman–Crippen MR) is 303 cm³/mol. The third kappa shape index (κ3) is 64.6. The smallest absolute Gasteiger partial charge is 0.305 e. The average Bonchev–Trinajstić information content (AvgIpc) is 3.84. The summed E-state index contributed by atoms with van der Waals surface area (Å²) in [7, 11) is 1.00. The summed E-state index contributed by atoms with van der Waals surface area (Å²) in [5.41, 5.74) is 6.32. The summed E-state index contributed by atoms with van der Waals surface area (Å²) in [4.78, 5) is 91.6. The Kier molecular flexibility index (Phi) is 80.4. The number of carboxylic acids is 1. The molecule has 0 aliphatic carbocycles. The van der Waals surface area contributed by atoms with Crippen molar-refractivity contribution in [2.75, 3.05) is 106 Å². The Morgan fingerprint density at radius 2 is 1.10 bits per heavy atom. The summed E-state index contributed by atoms with van der Waals surface area (Å²) < 4.78 is 32.8. The maximum atomic E-state index is 13.1. The highest BCUT2D eigenvalue weighted by Crippen LogP contribution is 2.19. The van der Waals surface area contributed by atoms with Crippen molar-refractivity contribution in [3.8, 4) is 0 Å². The van der Waals surface area contributed by atoms with Crippen LogP contribution in [0.5, 0.6) is 0 Å². The third-order valence-corrected chi connectivity index (χ3v) is 8.08. The van der Waals surface area contributed by atoms with Gasteiger partial charge in [-0.05, 0) is 31.9 Å². The van der Waals surface area contributed by atoms with Gasteiger partial charge in [-0.2, -0.15) is 0 Å². The maximum Gasteiger partial charge on any atom is 0.305 e. The molecule has 0 fully saturated rings. The number of benzene rings is 1. The molecular weight excluding hydrogens is 1000 g/mol. The van der Waals surface area contributed by atoms with E-state index in [1.807, 2.05) is 86.6 Å². The van der Waals surface area contributed by atoms with Crippen LogP contribution in [0.1, 0.15) is 134 Å². The number of carbonyl (C=O) groups excluding carboxylic acids is 7. The van der Waals surface area contributed by atoms with Gasteiger partial charge in [-0.1, -0.05) is 107 Å². The average molecular weight is 1110 g/mol. The summed E-state index contributed by atoms with van der Waals surface area (Å²) in [6, 6.07) is 5.99. The number of aromatic amines is 1. The highest BCUT2D eigenvalue weighted by Gasteiger charge is 2.23. The number of aliphatic carboxylic acids is 1. The first-order valence-electron chi connectivity index (χ1n) is 27.0. The minimum atomic E-state index is -1.05. The van der Waals surface area contributed by atoms with E-state index in [4.69, 9.17) is 43.4 Å². The molecule has 0 aliphatic heterocycles. The monoisotopic (exact) mass is 1110 g/mol. The van der Waals surface area contributed by atoms with E-state index < -0.39 is 41.7 Å². The lowest BCUT2D eigenvalue weighted by molar-refractivity contribution is -0.137. The van der Waals surface area contributed by atoms with Gasteiger partial charge >= 0.3 is 5.97 Å². The fourth-order valence-electron chi connectivity index (χ4n) is 5.12. The van der Waals surface area contributed by atoms with Gasteiger partial charge in [-0.15, -0.1) is 0 Å². The molecule has 1 heterocycles. The number of hydrogen-bond acceptors (Lipinski definition) is 15. The van der Waals surface area contributed by atoms with Gasteiger partial charge in [0.1, 0.15) is 12.3 Å². The molecule has 23 nitrogen and oxygen atoms in total. The molecular formula is C54H105N7O16. The number of rotatable bonds is 36. The van der Waals surface area contributed by atoms with Gasteiger partial charge in [0.15, 0.2) is 0 Å². The topological polar surface area (TPSA) is 334 Å². The number of nitrogens with two attached hydrogens (primary N) is 1. The van der Waals surface area contributed by atoms with Crippen LogP contribution in [0.25, 0.3) is 10.9 Å². The van der Waals surface area contributed by atoms with Gasteiger partial charge in [-0.25, -0.2) is 0 Å². The Morgan fingerprint density at radius 1 is 0.649 bits per heavy atom. The van der Waals surface area contributed by atoms with E-state index in [0.29, 0.717) is 85.4 Å². The van der Waals surface area contributed by atoms with Crippen LogP contribution in [0.4, 0.5) is 0 Å². The number of aliphatic hydroxyl groups excluding tert-OH is 1. The number of carbonyl (C=O) groups is 8. The molecule has 1 aromatic carbocycles. The van der Waals surface area contributed by atoms with Crippen LogP contribution in [-0.2, 0) is 73.2 Å². The van der Waals surface area contributed by atoms with Gasteiger partial charge in [0, 0.05) is 56.1 Å². The zero-order valence-corrected chi connectivity index (χ0v) is 49.4. The van der Waals surface area contributed by atoms with Gasteiger partial charge < -0.3 is 80.7 Å². The minimum Gasteiger partial charge on any atom is -0.481 e. The number of amides is 6. The molecule has 0 aliphatic rings. The largest absolute Gasteiger partial charge is 0.481 e. The number of nitrogens with one attached hydrogen (secondary N) is 6.